The number of hydrogen-bond acceptors (Lipinski definition) is 3. The molecule has 0 bridgehead atoms. The van der Waals surface area contributed by atoms with Gasteiger partial charge in [-0.3, -0.25) is 4.79 Å². The number of anilines is 1. The lowest BCUT2D eigenvalue weighted by Crippen LogP contribution is -2.37. The van der Waals surface area contributed by atoms with E-state index in [1.807, 2.05) is 36.4 Å². The summed E-state index contributed by atoms with van der Waals surface area (Å²) in [6, 6.07) is 16.0. The fraction of sp³-hybridized carbons (Fsp3) is 0.318. The van der Waals surface area contributed by atoms with Crippen LogP contribution in [0, 0.1) is 5.92 Å². The normalized spacial score (nSPS) is 16.7. The summed E-state index contributed by atoms with van der Waals surface area (Å²) in [7, 11) is -3.48. The maximum Gasteiger partial charge on any atom is 0.251 e. The zero-order valence-corrected chi connectivity index (χ0v) is 17.1. The molecule has 2 aromatic carbocycles. The fourth-order valence-electron chi connectivity index (χ4n) is 3.18. The highest BCUT2D eigenvalue weighted by Gasteiger charge is 2.27. The van der Waals surface area contributed by atoms with Gasteiger partial charge in [0.05, 0.1) is 4.90 Å². The van der Waals surface area contributed by atoms with Crippen LogP contribution in [0.15, 0.2) is 65.1 Å². The molecule has 5 nitrogen and oxygen atoms in total. The number of nitrogens with zero attached hydrogens (tertiary/aromatic N) is 1. The van der Waals surface area contributed by atoms with Gasteiger partial charge in [0, 0.05) is 24.4 Å². The van der Waals surface area contributed by atoms with Crippen molar-refractivity contribution in [2.45, 2.75) is 31.6 Å². The molecule has 0 saturated carbocycles. The Hall–Kier alpha value is -2.44. The van der Waals surface area contributed by atoms with Crippen molar-refractivity contribution in [3.63, 3.8) is 0 Å². The molecule has 0 atom stereocenters. The highest BCUT2D eigenvalue weighted by Crippen LogP contribution is 2.24. The number of rotatable bonds is 5. The first kappa shape index (κ1) is 20.3. The standard InChI is InChI=1S/C22H26N2O3S/c1-17-12-14-24(15-13-17)28(26,27)21-10-8-20(9-11-21)23-22(25)18(2)16-19-6-4-3-5-7-19/h3-11,16-17H,12-15H2,1-2H3,(H,23,25)/b18-16+. The first-order valence-corrected chi connectivity index (χ1v) is 10.9. The van der Waals surface area contributed by atoms with Crippen LogP contribution in [0.5, 0.6) is 0 Å². The molecule has 1 fully saturated rings. The molecule has 1 saturated heterocycles. The smallest absolute Gasteiger partial charge is 0.251 e. The van der Waals surface area contributed by atoms with E-state index in [1.54, 1.807) is 35.5 Å². The van der Waals surface area contributed by atoms with E-state index < -0.39 is 10.0 Å². The van der Waals surface area contributed by atoms with E-state index in [4.69, 9.17) is 0 Å². The Labute approximate surface area is 167 Å². The van der Waals surface area contributed by atoms with Crippen LogP contribution in [0.4, 0.5) is 5.69 Å². The number of carbonyl (C=O) groups excluding carboxylic acids is 1. The summed E-state index contributed by atoms with van der Waals surface area (Å²) in [5.74, 6) is 0.348. The van der Waals surface area contributed by atoms with E-state index in [9.17, 15) is 13.2 Å². The van der Waals surface area contributed by atoms with Crippen molar-refractivity contribution in [2.75, 3.05) is 18.4 Å². The largest absolute Gasteiger partial charge is 0.322 e. The molecule has 3 rings (SSSR count). The van der Waals surface area contributed by atoms with E-state index >= 15 is 0 Å². The van der Waals surface area contributed by atoms with Gasteiger partial charge in [-0.2, -0.15) is 4.31 Å². The topological polar surface area (TPSA) is 66.5 Å². The van der Waals surface area contributed by atoms with Crippen molar-refractivity contribution in [1.82, 2.24) is 4.31 Å². The molecule has 1 aliphatic heterocycles. The number of sulfonamides is 1. The minimum Gasteiger partial charge on any atom is -0.322 e. The van der Waals surface area contributed by atoms with E-state index in [2.05, 4.69) is 12.2 Å². The molecule has 0 unspecified atom stereocenters. The van der Waals surface area contributed by atoms with Gasteiger partial charge < -0.3 is 5.32 Å². The Morgan fingerprint density at radius 1 is 1.04 bits per heavy atom. The molecule has 1 N–H and O–H groups in total. The molecule has 6 heteroatoms. The quantitative estimate of drug-likeness (QED) is 0.770. The van der Waals surface area contributed by atoms with E-state index in [0.717, 1.165) is 18.4 Å². The molecule has 0 radical (unpaired) electrons. The maximum absolute atomic E-state index is 12.8. The highest BCUT2D eigenvalue weighted by molar-refractivity contribution is 7.89. The van der Waals surface area contributed by atoms with E-state index in [1.165, 1.54) is 0 Å². The monoisotopic (exact) mass is 398 g/mol. The fourth-order valence-corrected chi connectivity index (χ4v) is 4.65. The zero-order chi connectivity index (χ0) is 20.1. The predicted molar refractivity (Wildman–Crippen MR) is 112 cm³/mol. The first-order valence-electron chi connectivity index (χ1n) is 9.51. The van der Waals surface area contributed by atoms with E-state index in [-0.39, 0.29) is 10.8 Å². The summed E-state index contributed by atoms with van der Waals surface area (Å²) in [5, 5.41) is 2.81. The summed E-state index contributed by atoms with van der Waals surface area (Å²) in [4.78, 5) is 12.6. The van der Waals surface area contributed by atoms with Crippen molar-refractivity contribution in [3.05, 3.63) is 65.7 Å². The first-order chi connectivity index (χ1) is 13.4. The molecule has 0 aromatic heterocycles. The van der Waals surface area contributed by atoms with Gasteiger partial charge in [-0.15, -0.1) is 0 Å². The van der Waals surface area contributed by atoms with Crippen LogP contribution in [0.1, 0.15) is 32.3 Å². The maximum atomic E-state index is 12.8. The second-order valence-electron chi connectivity index (χ2n) is 7.30. The molecular formula is C22H26N2O3S. The number of piperidine rings is 1. The average Bonchev–Trinajstić information content (AvgIpc) is 2.69. The molecule has 2 aromatic rings. The van der Waals surface area contributed by atoms with Crippen molar-refractivity contribution in [2.24, 2.45) is 5.92 Å². The number of carbonyl (C=O) groups is 1. The minimum absolute atomic E-state index is 0.218. The number of amides is 1. The molecular weight excluding hydrogens is 372 g/mol. The highest BCUT2D eigenvalue weighted by atomic mass is 32.2. The Morgan fingerprint density at radius 3 is 2.25 bits per heavy atom. The lowest BCUT2D eigenvalue weighted by molar-refractivity contribution is -0.112. The number of nitrogens with one attached hydrogen (secondary N) is 1. The Bertz CT molecular complexity index is 943. The van der Waals surface area contributed by atoms with Crippen LogP contribution < -0.4 is 5.32 Å². The average molecular weight is 399 g/mol. The van der Waals surface area contributed by atoms with Crippen LogP contribution in [-0.4, -0.2) is 31.7 Å². The summed E-state index contributed by atoms with van der Waals surface area (Å²) in [6.07, 6.45) is 3.59. The Kier molecular flexibility index (Phi) is 6.31. The number of hydrogen-bond donors (Lipinski definition) is 1. The van der Waals surface area contributed by atoms with Gasteiger partial charge >= 0.3 is 0 Å². The third-order valence-electron chi connectivity index (χ3n) is 5.03. The lowest BCUT2D eigenvalue weighted by atomic mass is 10.0. The van der Waals surface area contributed by atoms with Crippen molar-refractivity contribution < 1.29 is 13.2 Å². The van der Waals surface area contributed by atoms with Crippen LogP contribution >= 0.6 is 0 Å². The van der Waals surface area contributed by atoms with Crippen LogP contribution in [0.2, 0.25) is 0 Å². The molecule has 1 aliphatic rings. The minimum atomic E-state index is -3.48. The van der Waals surface area contributed by atoms with Crippen molar-refractivity contribution in [3.8, 4) is 0 Å². The van der Waals surface area contributed by atoms with Crippen LogP contribution in [-0.2, 0) is 14.8 Å². The third kappa shape index (κ3) is 4.88. The Balaban J connectivity index is 1.67. The second-order valence-corrected chi connectivity index (χ2v) is 9.24. The van der Waals surface area contributed by atoms with E-state index in [0.29, 0.717) is 30.3 Å². The van der Waals surface area contributed by atoms with Gasteiger partial charge in [-0.25, -0.2) is 8.42 Å². The second kappa shape index (κ2) is 8.71. The summed E-state index contributed by atoms with van der Waals surface area (Å²) >= 11 is 0. The molecule has 28 heavy (non-hydrogen) atoms. The Morgan fingerprint density at radius 2 is 1.64 bits per heavy atom. The predicted octanol–water partition coefficient (Wildman–Crippen LogP) is 4.15. The van der Waals surface area contributed by atoms with Gasteiger partial charge in [0.25, 0.3) is 5.91 Å². The van der Waals surface area contributed by atoms with Gasteiger partial charge in [0.2, 0.25) is 10.0 Å². The van der Waals surface area contributed by atoms with Crippen molar-refractivity contribution >= 4 is 27.7 Å². The molecule has 0 aliphatic carbocycles. The molecule has 1 amide bonds. The number of benzene rings is 2. The molecule has 0 spiro atoms. The molecule has 148 valence electrons. The van der Waals surface area contributed by atoms with Crippen LogP contribution in [0.25, 0.3) is 6.08 Å². The molecule has 1 heterocycles. The summed E-state index contributed by atoms with van der Waals surface area (Å²) in [5.41, 5.74) is 2.09. The van der Waals surface area contributed by atoms with Crippen LogP contribution in [0.3, 0.4) is 0 Å². The van der Waals surface area contributed by atoms with Crippen molar-refractivity contribution in [1.29, 1.82) is 0 Å². The summed E-state index contributed by atoms with van der Waals surface area (Å²) in [6.45, 7) is 5.02. The third-order valence-corrected chi connectivity index (χ3v) is 6.95. The van der Waals surface area contributed by atoms with Gasteiger partial charge in [-0.1, -0.05) is 37.3 Å². The lowest BCUT2D eigenvalue weighted by Gasteiger charge is -2.29. The summed E-state index contributed by atoms with van der Waals surface area (Å²) < 4.78 is 27.1. The zero-order valence-electron chi connectivity index (χ0n) is 16.3. The van der Waals surface area contributed by atoms with Gasteiger partial charge in [0.1, 0.15) is 0 Å². The SMILES string of the molecule is C/C(=C\c1ccccc1)C(=O)Nc1ccc(S(=O)(=O)N2CCC(C)CC2)cc1. The van der Waals surface area contributed by atoms with Gasteiger partial charge in [0.15, 0.2) is 0 Å². The van der Waals surface area contributed by atoms with Gasteiger partial charge in [-0.05, 0) is 61.6 Å².